The Morgan fingerprint density at radius 1 is 1.06 bits per heavy atom. The summed E-state index contributed by atoms with van der Waals surface area (Å²) >= 11 is 6.81. The van der Waals surface area contributed by atoms with E-state index in [1.807, 2.05) is 24.3 Å². The van der Waals surface area contributed by atoms with E-state index in [4.69, 9.17) is 4.42 Å². The van der Waals surface area contributed by atoms with Gasteiger partial charge >= 0.3 is 0 Å². The maximum absolute atomic E-state index is 5.55. The van der Waals surface area contributed by atoms with E-state index in [9.17, 15) is 0 Å². The number of hydrogen-bond acceptors (Lipinski definition) is 2. The number of halogens is 2. The molecule has 0 aliphatic heterocycles. The van der Waals surface area contributed by atoms with Gasteiger partial charge in [-0.3, -0.25) is 0 Å². The Labute approximate surface area is 124 Å². The molecule has 1 aromatic heterocycles. The van der Waals surface area contributed by atoms with Gasteiger partial charge in [0, 0.05) is 10.5 Å². The normalized spacial score (nSPS) is 14.4. The van der Waals surface area contributed by atoms with Gasteiger partial charge in [0.2, 0.25) is 0 Å². The van der Waals surface area contributed by atoms with Crippen LogP contribution < -0.4 is 5.32 Å². The number of rotatable bonds is 4. The van der Waals surface area contributed by atoms with Gasteiger partial charge in [0.05, 0.1) is 6.04 Å². The third-order valence-electron chi connectivity index (χ3n) is 2.87. The lowest BCUT2D eigenvalue weighted by Gasteiger charge is -2.19. The van der Waals surface area contributed by atoms with Crippen LogP contribution in [-0.4, -0.2) is 0 Å². The lowest BCUT2D eigenvalue weighted by Crippen LogP contribution is -2.22. The average Bonchev–Trinajstić information content (AvgIpc) is 2.76. The first-order valence-electron chi connectivity index (χ1n) is 5.83. The van der Waals surface area contributed by atoms with Crippen LogP contribution in [0, 0.1) is 0 Å². The summed E-state index contributed by atoms with van der Waals surface area (Å²) in [6, 6.07) is 12.7. The highest BCUT2D eigenvalue weighted by molar-refractivity contribution is 9.10. The van der Waals surface area contributed by atoms with Crippen molar-refractivity contribution in [2.75, 3.05) is 0 Å². The van der Waals surface area contributed by atoms with Crippen LogP contribution in [0.5, 0.6) is 0 Å². The minimum atomic E-state index is 0.172. The summed E-state index contributed by atoms with van der Waals surface area (Å²) in [6.45, 7) is 4.25. The van der Waals surface area contributed by atoms with Crippen LogP contribution in [0.4, 0.5) is 0 Å². The fraction of sp³-hybridized carbons (Fsp3) is 0.286. The molecule has 4 heteroatoms. The fourth-order valence-corrected chi connectivity index (χ4v) is 2.63. The second kappa shape index (κ2) is 6.04. The molecule has 2 atom stereocenters. The standard InChI is InChI=1S/C14H15Br2NO/c1-9(11-4-3-5-12(15)8-11)17-10(2)13-6-7-14(16)18-13/h3-10,17H,1-2H3/t9-,10?/m1/s1. The van der Waals surface area contributed by atoms with E-state index < -0.39 is 0 Å². The Hall–Kier alpha value is -0.580. The fourth-order valence-electron chi connectivity index (χ4n) is 1.89. The SMILES string of the molecule is CC(N[C@H](C)c1cccc(Br)c1)c1ccc(Br)o1. The Morgan fingerprint density at radius 3 is 2.44 bits per heavy atom. The van der Waals surface area contributed by atoms with E-state index in [1.165, 1.54) is 5.56 Å². The molecule has 0 amide bonds. The van der Waals surface area contributed by atoms with Gasteiger partial charge in [0.15, 0.2) is 4.67 Å². The summed E-state index contributed by atoms with van der Waals surface area (Å²) in [5, 5.41) is 3.52. The van der Waals surface area contributed by atoms with E-state index in [0.717, 1.165) is 14.9 Å². The first-order chi connectivity index (χ1) is 8.56. The molecule has 0 spiro atoms. The molecule has 1 unspecified atom stereocenters. The monoisotopic (exact) mass is 371 g/mol. The first-order valence-corrected chi connectivity index (χ1v) is 7.41. The van der Waals surface area contributed by atoms with E-state index in [2.05, 4.69) is 63.2 Å². The molecule has 18 heavy (non-hydrogen) atoms. The Bertz CT molecular complexity index is 524. The Kier molecular flexibility index (Phi) is 4.65. The van der Waals surface area contributed by atoms with Crippen LogP contribution in [0.1, 0.15) is 37.3 Å². The summed E-state index contributed by atoms with van der Waals surface area (Å²) in [5.41, 5.74) is 1.25. The van der Waals surface area contributed by atoms with Gasteiger partial charge in [-0.15, -0.1) is 0 Å². The van der Waals surface area contributed by atoms with Crippen LogP contribution in [0.3, 0.4) is 0 Å². The lowest BCUT2D eigenvalue weighted by atomic mass is 10.1. The molecule has 0 aliphatic carbocycles. The molecule has 1 aromatic carbocycles. The van der Waals surface area contributed by atoms with Crippen molar-refractivity contribution in [3.8, 4) is 0 Å². The van der Waals surface area contributed by atoms with Crippen molar-refractivity contribution in [2.45, 2.75) is 25.9 Å². The smallest absolute Gasteiger partial charge is 0.169 e. The van der Waals surface area contributed by atoms with Crippen molar-refractivity contribution in [1.29, 1.82) is 0 Å². The van der Waals surface area contributed by atoms with Crippen molar-refractivity contribution in [1.82, 2.24) is 5.32 Å². The minimum Gasteiger partial charge on any atom is -0.453 e. The second-order valence-corrected chi connectivity index (χ2v) is 6.00. The molecule has 1 N–H and O–H groups in total. The van der Waals surface area contributed by atoms with Gasteiger partial charge in [-0.2, -0.15) is 0 Å². The second-order valence-electron chi connectivity index (χ2n) is 4.31. The molecular weight excluding hydrogens is 358 g/mol. The zero-order valence-corrected chi connectivity index (χ0v) is 13.5. The van der Waals surface area contributed by atoms with E-state index in [0.29, 0.717) is 0 Å². The van der Waals surface area contributed by atoms with E-state index in [1.54, 1.807) is 0 Å². The molecule has 0 radical (unpaired) electrons. The van der Waals surface area contributed by atoms with Gasteiger partial charge in [-0.05, 0) is 59.6 Å². The topological polar surface area (TPSA) is 25.2 Å². The molecule has 0 fully saturated rings. The van der Waals surface area contributed by atoms with Gasteiger partial charge in [-0.1, -0.05) is 28.1 Å². The molecule has 0 aliphatic rings. The highest BCUT2D eigenvalue weighted by Gasteiger charge is 2.14. The van der Waals surface area contributed by atoms with Gasteiger partial charge in [0.25, 0.3) is 0 Å². The molecule has 2 aromatic rings. The van der Waals surface area contributed by atoms with Crippen molar-refractivity contribution in [3.63, 3.8) is 0 Å². The maximum atomic E-state index is 5.55. The zero-order chi connectivity index (χ0) is 13.1. The van der Waals surface area contributed by atoms with Crippen LogP contribution in [-0.2, 0) is 0 Å². The predicted octanol–water partition coefficient (Wildman–Crippen LogP) is 5.22. The Morgan fingerprint density at radius 2 is 1.83 bits per heavy atom. The van der Waals surface area contributed by atoms with E-state index in [-0.39, 0.29) is 12.1 Å². The van der Waals surface area contributed by atoms with Crippen molar-refractivity contribution >= 4 is 31.9 Å². The molecule has 0 saturated heterocycles. The molecule has 1 heterocycles. The van der Waals surface area contributed by atoms with Crippen molar-refractivity contribution in [3.05, 3.63) is 56.9 Å². The first kappa shape index (κ1) is 13.8. The number of hydrogen-bond donors (Lipinski definition) is 1. The highest BCUT2D eigenvalue weighted by Crippen LogP contribution is 2.24. The van der Waals surface area contributed by atoms with Crippen LogP contribution in [0.15, 0.2) is 50.0 Å². The third kappa shape index (κ3) is 3.46. The number of benzene rings is 1. The van der Waals surface area contributed by atoms with Crippen molar-refractivity contribution in [2.24, 2.45) is 0 Å². The van der Waals surface area contributed by atoms with Crippen LogP contribution >= 0.6 is 31.9 Å². The average molecular weight is 373 g/mol. The summed E-state index contributed by atoms with van der Waals surface area (Å²) < 4.78 is 7.41. The van der Waals surface area contributed by atoms with Gasteiger partial charge in [-0.25, -0.2) is 0 Å². The van der Waals surface area contributed by atoms with Gasteiger partial charge in [0.1, 0.15) is 5.76 Å². The van der Waals surface area contributed by atoms with Crippen LogP contribution in [0.25, 0.3) is 0 Å². The molecule has 0 saturated carbocycles. The lowest BCUT2D eigenvalue weighted by molar-refractivity contribution is 0.394. The predicted molar refractivity (Wildman–Crippen MR) is 80.5 cm³/mol. The quantitative estimate of drug-likeness (QED) is 0.796. The van der Waals surface area contributed by atoms with Crippen LogP contribution in [0.2, 0.25) is 0 Å². The molecule has 2 rings (SSSR count). The number of nitrogens with one attached hydrogen (secondary N) is 1. The highest BCUT2D eigenvalue weighted by atomic mass is 79.9. The Balaban J connectivity index is 2.05. The van der Waals surface area contributed by atoms with Crippen molar-refractivity contribution < 1.29 is 4.42 Å². The molecule has 2 nitrogen and oxygen atoms in total. The zero-order valence-electron chi connectivity index (χ0n) is 10.3. The minimum absolute atomic E-state index is 0.172. The summed E-state index contributed by atoms with van der Waals surface area (Å²) in [4.78, 5) is 0. The molecule has 0 bridgehead atoms. The third-order valence-corrected chi connectivity index (χ3v) is 3.79. The molecule has 96 valence electrons. The summed E-state index contributed by atoms with van der Waals surface area (Å²) in [6.07, 6.45) is 0. The maximum Gasteiger partial charge on any atom is 0.169 e. The number of furan rings is 1. The summed E-state index contributed by atoms with van der Waals surface area (Å²) in [5.74, 6) is 0.934. The van der Waals surface area contributed by atoms with Gasteiger partial charge < -0.3 is 9.73 Å². The largest absolute Gasteiger partial charge is 0.453 e. The van der Waals surface area contributed by atoms with E-state index >= 15 is 0 Å². The summed E-state index contributed by atoms with van der Waals surface area (Å²) in [7, 11) is 0. The molecular formula is C14H15Br2NO.